The highest BCUT2D eigenvalue weighted by atomic mass is 16.7. The Kier molecular flexibility index (Phi) is 7.62. The molecule has 9 heteroatoms. The van der Waals surface area contributed by atoms with Crippen LogP contribution in [0.3, 0.4) is 0 Å². The quantitative estimate of drug-likeness (QED) is 0.373. The average Bonchev–Trinajstić information content (AvgIpc) is 3.46. The summed E-state index contributed by atoms with van der Waals surface area (Å²) >= 11 is 0. The van der Waals surface area contributed by atoms with Crippen LogP contribution >= 0.6 is 0 Å². The second-order valence-corrected chi connectivity index (χ2v) is 14.3. The molecule has 9 nitrogen and oxygen atoms in total. The van der Waals surface area contributed by atoms with Crippen molar-refractivity contribution in [2.45, 2.75) is 128 Å². The van der Waals surface area contributed by atoms with E-state index in [-0.39, 0.29) is 34.7 Å². The molecule has 2 aliphatic heterocycles. The van der Waals surface area contributed by atoms with Crippen LogP contribution < -0.4 is 0 Å². The van der Waals surface area contributed by atoms with E-state index in [1.54, 1.807) is 13.0 Å². The molecule has 0 radical (unpaired) electrons. The number of hydrogen-bond acceptors (Lipinski definition) is 9. The monoisotopic (exact) mass is 576 g/mol. The minimum Gasteiger partial charge on any atom is -0.458 e. The van der Waals surface area contributed by atoms with Crippen LogP contribution in [-0.4, -0.2) is 78.3 Å². The molecular formula is C32H48O9. The predicted molar refractivity (Wildman–Crippen MR) is 147 cm³/mol. The Balaban J connectivity index is 1.16. The third kappa shape index (κ3) is 4.60. The van der Waals surface area contributed by atoms with Crippen molar-refractivity contribution in [2.75, 3.05) is 13.7 Å². The number of carbonyl (C=O) groups excluding carboxylic acids is 2. The fraction of sp³-hybridized carbons (Fsp3) is 0.875. The van der Waals surface area contributed by atoms with Gasteiger partial charge in [0, 0.05) is 25.5 Å². The minimum atomic E-state index is -0.926. The maximum absolute atomic E-state index is 12.5. The van der Waals surface area contributed by atoms with Crippen LogP contribution in [0.25, 0.3) is 0 Å². The molecule has 13 atom stereocenters. The van der Waals surface area contributed by atoms with E-state index < -0.39 is 42.3 Å². The van der Waals surface area contributed by atoms with E-state index in [1.807, 2.05) is 0 Å². The van der Waals surface area contributed by atoms with Crippen LogP contribution in [0.15, 0.2) is 11.6 Å². The lowest BCUT2D eigenvalue weighted by Gasteiger charge is -2.64. The number of fused-ring (bicyclic) bond motifs is 5. The molecule has 0 unspecified atom stereocenters. The maximum atomic E-state index is 12.5. The normalized spacial score (nSPS) is 51.2. The summed E-state index contributed by atoms with van der Waals surface area (Å²) in [5.74, 6) is 0.650. The zero-order chi connectivity index (χ0) is 29.3. The number of aliphatic hydroxyl groups excluding tert-OH is 1. The Hall–Kier alpha value is -1.52. The molecule has 41 heavy (non-hydrogen) atoms. The third-order valence-electron chi connectivity index (χ3n) is 12.6. The van der Waals surface area contributed by atoms with Gasteiger partial charge >= 0.3 is 11.9 Å². The molecule has 6 rings (SSSR count). The van der Waals surface area contributed by atoms with Crippen molar-refractivity contribution >= 4 is 11.9 Å². The molecule has 4 saturated carbocycles. The standard InChI is InChI=1S/C32H48O9/c1-17-26(35)27(37-5)28(40-18(2)33)29(39-17)41-21-8-11-30(3)20(15-21)6-7-24-23(30)9-12-31(4)22(10-13-32(24,31)36)19-14-25(34)38-16-19/h14,17,20-24,26-29,35-36H,6-13,15-16H2,1-5H3/t17-,20+,21-,22+,23-,24+,26-,27-,28+,29-,30-,31+,32-/m0/s1. The number of hydrogen-bond donors (Lipinski definition) is 2. The molecular weight excluding hydrogens is 528 g/mol. The second-order valence-electron chi connectivity index (χ2n) is 14.3. The first kappa shape index (κ1) is 29.5. The molecule has 0 bridgehead atoms. The molecule has 0 amide bonds. The predicted octanol–water partition coefficient (Wildman–Crippen LogP) is 3.68. The number of ether oxygens (including phenoxy) is 5. The van der Waals surface area contributed by atoms with Crippen LogP contribution in [0.4, 0.5) is 0 Å². The van der Waals surface area contributed by atoms with Gasteiger partial charge in [-0.15, -0.1) is 0 Å². The lowest BCUT2D eigenvalue weighted by molar-refractivity contribution is -0.315. The fourth-order valence-electron chi connectivity index (χ4n) is 10.4. The highest BCUT2D eigenvalue weighted by Gasteiger charge is 2.67. The number of cyclic esters (lactones) is 1. The SMILES string of the molecule is CO[C@H]1[C@@H](O)[C@H](C)O[C@@H](O[C@H]2CC[C@@]3(C)[C@H](CC[C@@H]4[C@@H]3CC[C@]3(C)[C@@H](C5=CC(=O)OC5)CC[C@]43O)C2)[C@@H]1OC(C)=O. The summed E-state index contributed by atoms with van der Waals surface area (Å²) < 4.78 is 28.9. The van der Waals surface area contributed by atoms with Gasteiger partial charge in [0.25, 0.3) is 0 Å². The minimum absolute atomic E-state index is 0.0488. The summed E-state index contributed by atoms with van der Waals surface area (Å²) in [5, 5.41) is 23.1. The second kappa shape index (κ2) is 10.6. The smallest absolute Gasteiger partial charge is 0.331 e. The first-order chi connectivity index (χ1) is 19.4. The number of esters is 2. The average molecular weight is 577 g/mol. The zero-order valence-electron chi connectivity index (χ0n) is 25.2. The molecule has 0 aromatic heterocycles. The van der Waals surface area contributed by atoms with E-state index in [1.165, 1.54) is 14.0 Å². The molecule has 4 aliphatic carbocycles. The molecule has 2 N–H and O–H groups in total. The number of carbonyl (C=O) groups is 2. The van der Waals surface area contributed by atoms with E-state index in [2.05, 4.69) is 13.8 Å². The molecule has 0 spiro atoms. The maximum Gasteiger partial charge on any atom is 0.331 e. The van der Waals surface area contributed by atoms with Gasteiger partial charge in [-0.3, -0.25) is 4.79 Å². The van der Waals surface area contributed by atoms with Crippen molar-refractivity contribution in [3.8, 4) is 0 Å². The first-order valence-corrected chi connectivity index (χ1v) is 15.7. The fourth-order valence-corrected chi connectivity index (χ4v) is 10.4. The van der Waals surface area contributed by atoms with Gasteiger partial charge in [0.1, 0.15) is 18.8 Å². The highest BCUT2D eigenvalue weighted by molar-refractivity contribution is 5.85. The number of methoxy groups -OCH3 is 1. The van der Waals surface area contributed by atoms with E-state index in [0.717, 1.165) is 63.4 Å². The molecule has 0 aromatic rings. The molecule has 2 heterocycles. The summed E-state index contributed by atoms with van der Waals surface area (Å²) in [6, 6.07) is 0. The van der Waals surface area contributed by atoms with E-state index >= 15 is 0 Å². The number of rotatable bonds is 5. The van der Waals surface area contributed by atoms with Crippen molar-refractivity contribution in [1.82, 2.24) is 0 Å². The lowest BCUT2D eigenvalue weighted by atomic mass is 9.43. The zero-order valence-corrected chi connectivity index (χ0v) is 25.2. The van der Waals surface area contributed by atoms with Crippen molar-refractivity contribution in [1.29, 1.82) is 0 Å². The summed E-state index contributed by atoms with van der Waals surface area (Å²) in [7, 11) is 1.50. The van der Waals surface area contributed by atoms with Gasteiger partial charge in [-0.2, -0.15) is 0 Å². The van der Waals surface area contributed by atoms with Gasteiger partial charge in [0.05, 0.1) is 17.8 Å². The third-order valence-corrected chi connectivity index (χ3v) is 12.6. The highest BCUT2D eigenvalue weighted by Crippen LogP contribution is 2.70. The van der Waals surface area contributed by atoms with E-state index in [0.29, 0.717) is 18.4 Å². The topological polar surface area (TPSA) is 121 Å². The Labute approximate surface area is 243 Å². The van der Waals surface area contributed by atoms with Crippen molar-refractivity contribution in [3.63, 3.8) is 0 Å². The molecule has 6 aliphatic rings. The van der Waals surface area contributed by atoms with Gasteiger partial charge in [0.2, 0.25) is 0 Å². The Morgan fingerprint density at radius 2 is 1.83 bits per heavy atom. The Morgan fingerprint density at radius 1 is 1.05 bits per heavy atom. The van der Waals surface area contributed by atoms with Crippen molar-refractivity contribution in [3.05, 3.63) is 11.6 Å². The molecule has 1 saturated heterocycles. The number of aliphatic hydroxyl groups is 2. The summed E-state index contributed by atoms with van der Waals surface area (Å²) in [6.45, 7) is 8.19. The van der Waals surface area contributed by atoms with Crippen molar-refractivity contribution < 1.29 is 43.5 Å². The lowest BCUT2D eigenvalue weighted by Crippen LogP contribution is -2.63. The van der Waals surface area contributed by atoms with Crippen LogP contribution in [-0.2, 0) is 33.3 Å². The van der Waals surface area contributed by atoms with Gasteiger partial charge in [-0.05, 0) is 99.4 Å². The largest absolute Gasteiger partial charge is 0.458 e. The summed E-state index contributed by atoms with van der Waals surface area (Å²) in [6.07, 6.45) is 6.35. The Bertz CT molecular complexity index is 1080. The van der Waals surface area contributed by atoms with E-state index in [9.17, 15) is 19.8 Å². The van der Waals surface area contributed by atoms with Crippen LogP contribution in [0.2, 0.25) is 0 Å². The van der Waals surface area contributed by atoms with Crippen LogP contribution in [0.5, 0.6) is 0 Å². The van der Waals surface area contributed by atoms with Gasteiger partial charge in [0.15, 0.2) is 12.4 Å². The van der Waals surface area contributed by atoms with Gasteiger partial charge in [-0.25, -0.2) is 4.79 Å². The summed E-state index contributed by atoms with van der Waals surface area (Å²) in [4.78, 5) is 23.7. The molecule has 0 aromatic carbocycles. The van der Waals surface area contributed by atoms with Gasteiger partial charge in [-0.1, -0.05) is 13.8 Å². The van der Waals surface area contributed by atoms with Crippen LogP contribution in [0.1, 0.15) is 85.5 Å². The summed E-state index contributed by atoms with van der Waals surface area (Å²) in [5.41, 5.74) is 0.221. The van der Waals surface area contributed by atoms with Gasteiger partial charge < -0.3 is 33.9 Å². The molecule has 5 fully saturated rings. The van der Waals surface area contributed by atoms with E-state index in [4.69, 9.17) is 23.7 Å². The van der Waals surface area contributed by atoms with Crippen LogP contribution in [0, 0.1) is 34.5 Å². The molecule has 230 valence electrons. The van der Waals surface area contributed by atoms with Crippen molar-refractivity contribution in [2.24, 2.45) is 34.5 Å². The first-order valence-electron chi connectivity index (χ1n) is 15.7. The Morgan fingerprint density at radius 3 is 2.51 bits per heavy atom.